The normalized spacial score (nSPS) is 14.5. The Balaban J connectivity index is 2.02. The summed E-state index contributed by atoms with van der Waals surface area (Å²) in [5.74, 6) is -1.74. The van der Waals surface area contributed by atoms with Crippen molar-refractivity contribution in [2.45, 2.75) is 31.9 Å². The first-order valence-electron chi connectivity index (χ1n) is 7.24. The molecule has 0 unspecified atom stereocenters. The van der Waals surface area contributed by atoms with Crippen LogP contribution in [0.25, 0.3) is 0 Å². The van der Waals surface area contributed by atoms with Gasteiger partial charge in [-0.25, -0.2) is 0 Å². The fourth-order valence-electron chi connectivity index (χ4n) is 2.80. The number of ketones is 1. The molecule has 22 heavy (non-hydrogen) atoms. The molecule has 0 aromatic heterocycles. The van der Waals surface area contributed by atoms with Crippen molar-refractivity contribution < 1.29 is 18.0 Å². The van der Waals surface area contributed by atoms with Crippen LogP contribution in [0.4, 0.5) is 13.2 Å². The van der Waals surface area contributed by atoms with Crippen LogP contribution < -0.4 is 0 Å². The molecule has 2 aromatic carbocycles. The van der Waals surface area contributed by atoms with Gasteiger partial charge in [-0.2, -0.15) is 13.2 Å². The van der Waals surface area contributed by atoms with Crippen molar-refractivity contribution in [3.63, 3.8) is 0 Å². The number of halogens is 3. The van der Waals surface area contributed by atoms with E-state index in [9.17, 15) is 18.0 Å². The molecule has 114 valence electrons. The van der Waals surface area contributed by atoms with E-state index in [1.807, 2.05) is 18.2 Å². The van der Waals surface area contributed by atoms with E-state index in [0.717, 1.165) is 23.1 Å². The minimum atomic E-state index is -4.83. The summed E-state index contributed by atoms with van der Waals surface area (Å²) in [7, 11) is 0. The number of alkyl halides is 3. The lowest BCUT2D eigenvalue weighted by atomic mass is 9.92. The minimum absolute atomic E-state index is 0.194. The summed E-state index contributed by atoms with van der Waals surface area (Å²) in [6.07, 6.45) is -2.41. The number of hydrogen-bond acceptors (Lipinski definition) is 1. The zero-order chi connectivity index (χ0) is 15.7. The summed E-state index contributed by atoms with van der Waals surface area (Å²) in [4.78, 5) is 11.7. The summed E-state index contributed by atoms with van der Waals surface area (Å²) < 4.78 is 38.4. The molecule has 0 fully saturated rings. The maximum atomic E-state index is 12.8. The Morgan fingerprint density at radius 3 is 1.86 bits per heavy atom. The Bertz CT molecular complexity index is 699. The maximum Gasteiger partial charge on any atom is 0.454 e. The van der Waals surface area contributed by atoms with Gasteiger partial charge in [0.1, 0.15) is 0 Å². The molecule has 0 amide bonds. The van der Waals surface area contributed by atoms with Gasteiger partial charge in [0.25, 0.3) is 5.78 Å². The second-order valence-corrected chi connectivity index (χ2v) is 5.63. The fraction of sp³-hybridized carbons (Fsp3) is 0.278. The zero-order valence-corrected chi connectivity index (χ0v) is 11.9. The summed E-state index contributed by atoms with van der Waals surface area (Å²) in [5, 5.41) is 0. The van der Waals surface area contributed by atoms with Crippen LogP contribution in [0.5, 0.6) is 0 Å². The van der Waals surface area contributed by atoms with Crippen molar-refractivity contribution in [2.24, 2.45) is 0 Å². The number of carbonyl (C=O) groups excluding carboxylic acids is 1. The summed E-state index contributed by atoms with van der Waals surface area (Å²) in [6.45, 7) is 0. The predicted octanol–water partition coefficient (Wildman–Crippen LogP) is 4.32. The first-order chi connectivity index (χ1) is 10.4. The molecule has 4 bridgehead atoms. The van der Waals surface area contributed by atoms with Gasteiger partial charge >= 0.3 is 6.18 Å². The smallest absolute Gasteiger partial charge is 0.284 e. The average molecular weight is 304 g/mol. The van der Waals surface area contributed by atoms with E-state index in [-0.39, 0.29) is 5.56 Å². The molecular weight excluding hydrogens is 289 g/mol. The van der Waals surface area contributed by atoms with Crippen molar-refractivity contribution in [3.8, 4) is 0 Å². The standard InChI is InChI=1S/C18H15F3O/c19-18(20,21)17(22)16-11-14-6-5-12-1-3-13(4-2-12)7-9-15(16)10-8-14/h1-4,8,10-11H,5-7,9H2. The second kappa shape index (κ2) is 5.59. The monoisotopic (exact) mass is 304 g/mol. The number of Topliss-reactive ketones (excluding diaryl/α,β-unsaturated/α-hetero) is 1. The molecule has 0 saturated heterocycles. The van der Waals surface area contributed by atoms with Gasteiger partial charge in [0.15, 0.2) is 0 Å². The van der Waals surface area contributed by atoms with Crippen LogP contribution in [0.3, 0.4) is 0 Å². The Hall–Kier alpha value is -2.10. The number of rotatable bonds is 1. The summed E-state index contributed by atoms with van der Waals surface area (Å²) in [5.41, 5.74) is 3.26. The molecule has 0 saturated carbocycles. The first kappa shape index (κ1) is 14.8. The van der Waals surface area contributed by atoms with Gasteiger partial charge in [-0.15, -0.1) is 0 Å². The molecule has 0 spiro atoms. The van der Waals surface area contributed by atoms with Crippen LogP contribution in [0.2, 0.25) is 0 Å². The molecule has 4 aliphatic carbocycles. The molecule has 0 atom stereocenters. The van der Waals surface area contributed by atoms with E-state index in [1.54, 1.807) is 6.07 Å². The highest BCUT2D eigenvalue weighted by molar-refractivity contribution is 6.01. The van der Waals surface area contributed by atoms with Crippen molar-refractivity contribution in [1.29, 1.82) is 0 Å². The molecule has 4 aliphatic rings. The fourth-order valence-corrected chi connectivity index (χ4v) is 2.80. The Morgan fingerprint density at radius 2 is 1.27 bits per heavy atom. The van der Waals surface area contributed by atoms with Gasteiger partial charge in [-0.1, -0.05) is 36.4 Å². The molecule has 1 nitrogen and oxygen atoms in total. The first-order valence-corrected chi connectivity index (χ1v) is 7.24. The van der Waals surface area contributed by atoms with E-state index in [2.05, 4.69) is 12.1 Å². The van der Waals surface area contributed by atoms with Gasteiger partial charge in [-0.05, 0) is 54.0 Å². The quantitative estimate of drug-likeness (QED) is 0.717. The van der Waals surface area contributed by atoms with Crippen LogP contribution in [-0.4, -0.2) is 12.0 Å². The van der Waals surface area contributed by atoms with Gasteiger partial charge in [-0.3, -0.25) is 4.79 Å². The summed E-state index contributed by atoms with van der Waals surface area (Å²) in [6, 6.07) is 13.1. The summed E-state index contributed by atoms with van der Waals surface area (Å²) >= 11 is 0. The number of hydrogen-bond donors (Lipinski definition) is 0. The maximum absolute atomic E-state index is 12.8. The highest BCUT2D eigenvalue weighted by Crippen LogP contribution is 2.26. The third-order valence-electron chi connectivity index (χ3n) is 4.08. The average Bonchev–Trinajstić information content (AvgIpc) is 2.48. The zero-order valence-electron chi connectivity index (χ0n) is 11.9. The van der Waals surface area contributed by atoms with E-state index in [1.165, 1.54) is 6.07 Å². The van der Waals surface area contributed by atoms with Crippen molar-refractivity contribution in [3.05, 3.63) is 70.3 Å². The Labute approximate surface area is 126 Å². The SMILES string of the molecule is O=C(c1cc2ccc1CCc1ccc(cc1)CC2)C(F)(F)F. The van der Waals surface area contributed by atoms with Crippen LogP contribution >= 0.6 is 0 Å². The molecule has 4 heteroatoms. The second-order valence-electron chi connectivity index (χ2n) is 5.63. The highest BCUT2D eigenvalue weighted by atomic mass is 19.4. The highest BCUT2D eigenvalue weighted by Gasteiger charge is 2.40. The predicted molar refractivity (Wildman–Crippen MR) is 78.1 cm³/mol. The minimum Gasteiger partial charge on any atom is -0.284 e. The van der Waals surface area contributed by atoms with Gasteiger partial charge < -0.3 is 0 Å². The van der Waals surface area contributed by atoms with Crippen molar-refractivity contribution in [1.82, 2.24) is 0 Å². The van der Waals surface area contributed by atoms with Gasteiger partial charge in [0.05, 0.1) is 0 Å². The van der Waals surface area contributed by atoms with Gasteiger partial charge in [0, 0.05) is 5.56 Å². The van der Waals surface area contributed by atoms with E-state index < -0.39 is 12.0 Å². The molecule has 0 radical (unpaired) electrons. The molecule has 6 rings (SSSR count). The Morgan fingerprint density at radius 1 is 0.773 bits per heavy atom. The largest absolute Gasteiger partial charge is 0.454 e. The van der Waals surface area contributed by atoms with E-state index >= 15 is 0 Å². The van der Waals surface area contributed by atoms with Crippen molar-refractivity contribution in [2.75, 3.05) is 0 Å². The molecule has 0 aliphatic heterocycles. The number of carbonyl (C=O) groups is 1. The van der Waals surface area contributed by atoms with Crippen LogP contribution in [-0.2, 0) is 25.7 Å². The Kier molecular flexibility index (Phi) is 3.77. The van der Waals surface area contributed by atoms with E-state index in [0.29, 0.717) is 24.8 Å². The molecule has 2 aromatic rings. The molecular formula is C18H15F3O. The lowest BCUT2D eigenvalue weighted by Gasteiger charge is -2.14. The van der Waals surface area contributed by atoms with Crippen LogP contribution in [0, 0.1) is 0 Å². The number of benzene rings is 2. The van der Waals surface area contributed by atoms with Crippen LogP contribution in [0.15, 0.2) is 42.5 Å². The lowest BCUT2D eigenvalue weighted by molar-refractivity contribution is -0.0885. The molecule has 0 N–H and O–H groups in total. The van der Waals surface area contributed by atoms with Crippen molar-refractivity contribution >= 4 is 5.78 Å². The molecule has 0 heterocycles. The van der Waals surface area contributed by atoms with E-state index in [4.69, 9.17) is 0 Å². The third kappa shape index (κ3) is 3.06. The lowest BCUT2D eigenvalue weighted by Crippen LogP contribution is -2.24. The third-order valence-corrected chi connectivity index (χ3v) is 4.08. The van der Waals surface area contributed by atoms with Crippen LogP contribution in [0.1, 0.15) is 32.6 Å². The topological polar surface area (TPSA) is 17.1 Å². The number of aryl methyl sites for hydroxylation is 4. The van der Waals surface area contributed by atoms with Gasteiger partial charge in [0.2, 0.25) is 0 Å².